The molecule has 0 saturated heterocycles. The van der Waals surface area contributed by atoms with Crippen LogP contribution in [-0.4, -0.2) is 32.3 Å². The molecule has 1 amide bonds. The van der Waals surface area contributed by atoms with Gasteiger partial charge in [-0.3, -0.25) is 4.79 Å². The summed E-state index contributed by atoms with van der Waals surface area (Å²) in [5, 5.41) is 0. The van der Waals surface area contributed by atoms with Gasteiger partial charge in [0.15, 0.2) is 0 Å². The zero-order chi connectivity index (χ0) is 17.7. The standard InChI is InChI=1S/C18H22N2O3S/c1-14(2)19-24(22,23)17-11-9-16(10-12-17)18(21)20(3)13-15-7-5-4-6-8-15/h4-12,14,19H,13H2,1-3H3. The number of hydrogen-bond acceptors (Lipinski definition) is 3. The van der Waals surface area contributed by atoms with Gasteiger partial charge in [-0.15, -0.1) is 0 Å². The Hall–Kier alpha value is -2.18. The first-order valence-electron chi connectivity index (χ1n) is 7.71. The molecule has 0 atom stereocenters. The quantitative estimate of drug-likeness (QED) is 0.874. The Kier molecular flexibility index (Phi) is 5.75. The van der Waals surface area contributed by atoms with Gasteiger partial charge < -0.3 is 4.90 Å². The molecule has 2 aromatic carbocycles. The molecule has 0 radical (unpaired) electrons. The number of nitrogens with one attached hydrogen (secondary N) is 1. The van der Waals surface area contributed by atoms with Crippen molar-refractivity contribution < 1.29 is 13.2 Å². The Morgan fingerprint density at radius 1 is 1.04 bits per heavy atom. The Bertz CT molecular complexity index is 785. The topological polar surface area (TPSA) is 66.5 Å². The summed E-state index contributed by atoms with van der Waals surface area (Å²) < 4.78 is 26.7. The second-order valence-corrected chi connectivity index (χ2v) is 7.66. The van der Waals surface area contributed by atoms with E-state index >= 15 is 0 Å². The minimum absolute atomic E-state index is 0.151. The number of hydrogen-bond donors (Lipinski definition) is 1. The van der Waals surface area contributed by atoms with Crippen LogP contribution in [0.2, 0.25) is 0 Å². The Morgan fingerprint density at radius 2 is 1.62 bits per heavy atom. The Labute approximate surface area is 143 Å². The summed E-state index contributed by atoms with van der Waals surface area (Å²) in [5.41, 5.74) is 1.49. The molecule has 0 aliphatic carbocycles. The van der Waals surface area contributed by atoms with Crippen molar-refractivity contribution in [2.75, 3.05) is 7.05 Å². The van der Waals surface area contributed by atoms with Crippen molar-refractivity contribution >= 4 is 15.9 Å². The third-order valence-electron chi connectivity index (χ3n) is 3.41. The molecular formula is C18H22N2O3S. The molecule has 6 heteroatoms. The van der Waals surface area contributed by atoms with E-state index in [1.54, 1.807) is 37.9 Å². The van der Waals surface area contributed by atoms with Gasteiger partial charge in [0.1, 0.15) is 0 Å². The number of carbonyl (C=O) groups excluding carboxylic acids is 1. The summed E-state index contributed by atoms with van der Waals surface area (Å²) in [5.74, 6) is -0.153. The van der Waals surface area contributed by atoms with Gasteiger partial charge in [-0.2, -0.15) is 0 Å². The zero-order valence-electron chi connectivity index (χ0n) is 14.1. The van der Waals surface area contributed by atoms with Gasteiger partial charge in [0.2, 0.25) is 10.0 Å². The molecule has 0 bridgehead atoms. The molecule has 0 aliphatic rings. The molecule has 0 saturated carbocycles. The Morgan fingerprint density at radius 3 is 2.17 bits per heavy atom. The van der Waals surface area contributed by atoms with E-state index in [-0.39, 0.29) is 16.8 Å². The van der Waals surface area contributed by atoms with Crippen LogP contribution >= 0.6 is 0 Å². The summed E-state index contributed by atoms with van der Waals surface area (Å²) in [6.45, 7) is 4.01. The van der Waals surface area contributed by atoms with Crippen LogP contribution in [-0.2, 0) is 16.6 Å². The molecule has 0 unspecified atom stereocenters. The van der Waals surface area contributed by atoms with Crippen molar-refractivity contribution in [2.45, 2.75) is 31.3 Å². The van der Waals surface area contributed by atoms with Crippen LogP contribution in [0.4, 0.5) is 0 Å². The molecule has 1 N–H and O–H groups in total. The van der Waals surface area contributed by atoms with Crippen LogP contribution in [0, 0.1) is 0 Å². The molecule has 24 heavy (non-hydrogen) atoms. The first kappa shape index (κ1) is 18.2. The SMILES string of the molecule is CC(C)NS(=O)(=O)c1ccc(C(=O)N(C)Cc2ccccc2)cc1. The second kappa shape index (κ2) is 7.59. The molecule has 128 valence electrons. The monoisotopic (exact) mass is 346 g/mol. The molecule has 0 heterocycles. The number of sulfonamides is 1. The van der Waals surface area contributed by atoms with Gasteiger partial charge in [0.25, 0.3) is 5.91 Å². The molecule has 0 aliphatic heterocycles. The maximum absolute atomic E-state index is 12.4. The van der Waals surface area contributed by atoms with Crippen LogP contribution in [0.25, 0.3) is 0 Å². The van der Waals surface area contributed by atoms with Gasteiger partial charge in [-0.25, -0.2) is 13.1 Å². The molecule has 0 fully saturated rings. The minimum atomic E-state index is -3.55. The molecule has 2 rings (SSSR count). The lowest BCUT2D eigenvalue weighted by atomic mass is 10.1. The Balaban J connectivity index is 2.11. The normalized spacial score (nSPS) is 11.5. The highest BCUT2D eigenvalue weighted by atomic mass is 32.2. The minimum Gasteiger partial charge on any atom is -0.337 e. The average molecular weight is 346 g/mol. The smallest absolute Gasteiger partial charge is 0.253 e. The van der Waals surface area contributed by atoms with Crippen LogP contribution in [0.15, 0.2) is 59.5 Å². The second-order valence-electron chi connectivity index (χ2n) is 5.95. The van der Waals surface area contributed by atoms with Crippen molar-refractivity contribution in [3.8, 4) is 0 Å². The van der Waals surface area contributed by atoms with Crippen molar-refractivity contribution in [1.29, 1.82) is 0 Å². The molecular weight excluding hydrogens is 324 g/mol. The van der Waals surface area contributed by atoms with E-state index in [9.17, 15) is 13.2 Å². The largest absolute Gasteiger partial charge is 0.337 e. The first-order chi connectivity index (χ1) is 11.3. The van der Waals surface area contributed by atoms with Crippen LogP contribution in [0.5, 0.6) is 0 Å². The third kappa shape index (κ3) is 4.66. The van der Waals surface area contributed by atoms with Crippen molar-refractivity contribution in [3.05, 3.63) is 65.7 Å². The highest BCUT2D eigenvalue weighted by Crippen LogP contribution is 2.13. The van der Waals surface area contributed by atoms with Gasteiger partial charge in [0, 0.05) is 25.2 Å². The maximum Gasteiger partial charge on any atom is 0.253 e. The number of rotatable bonds is 6. The summed E-state index contributed by atoms with van der Waals surface area (Å²) >= 11 is 0. The fourth-order valence-electron chi connectivity index (χ4n) is 2.30. The predicted molar refractivity (Wildman–Crippen MR) is 94.1 cm³/mol. The zero-order valence-corrected chi connectivity index (χ0v) is 14.9. The van der Waals surface area contributed by atoms with E-state index in [1.165, 1.54) is 12.1 Å². The van der Waals surface area contributed by atoms with Crippen molar-refractivity contribution in [1.82, 2.24) is 9.62 Å². The van der Waals surface area contributed by atoms with Gasteiger partial charge >= 0.3 is 0 Å². The van der Waals surface area contributed by atoms with E-state index in [4.69, 9.17) is 0 Å². The third-order valence-corrected chi connectivity index (χ3v) is 5.09. The maximum atomic E-state index is 12.4. The summed E-state index contributed by atoms with van der Waals surface area (Å²) in [4.78, 5) is 14.2. The fourth-order valence-corrected chi connectivity index (χ4v) is 3.56. The average Bonchev–Trinajstić information content (AvgIpc) is 2.54. The summed E-state index contributed by atoms with van der Waals surface area (Å²) in [6, 6.07) is 15.5. The van der Waals surface area contributed by atoms with Crippen molar-refractivity contribution in [3.63, 3.8) is 0 Å². The summed E-state index contributed by atoms with van der Waals surface area (Å²) in [6.07, 6.45) is 0. The van der Waals surface area contributed by atoms with Crippen LogP contribution in [0.1, 0.15) is 29.8 Å². The highest BCUT2D eigenvalue weighted by Gasteiger charge is 2.17. The fraction of sp³-hybridized carbons (Fsp3) is 0.278. The van der Waals surface area contributed by atoms with Crippen LogP contribution < -0.4 is 4.72 Å². The number of carbonyl (C=O) groups is 1. The van der Waals surface area contributed by atoms with E-state index < -0.39 is 10.0 Å². The molecule has 0 aromatic heterocycles. The lowest BCUT2D eigenvalue weighted by Gasteiger charge is -2.17. The van der Waals surface area contributed by atoms with Gasteiger partial charge in [-0.05, 0) is 43.7 Å². The lowest BCUT2D eigenvalue weighted by Crippen LogP contribution is -2.30. The van der Waals surface area contributed by atoms with Gasteiger partial charge in [0.05, 0.1) is 4.90 Å². The van der Waals surface area contributed by atoms with E-state index in [0.717, 1.165) is 5.56 Å². The molecule has 2 aromatic rings. The molecule has 0 spiro atoms. The number of nitrogens with zero attached hydrogens (tertiary/aromatic N) is 1. The first-order valence-corrected chi connectivity index (χ1v) is 9.19. The lowest BCUT2D eigenvalue weighted by molar-refractivity contribution is 0.0785. The highest BCUT2D eigenvalue weighted by molar-refractivity contribution is 7.89. The number of benzene rings is 2. The van der Waals surface area contributed by atoms with E-state index in [1.807, 2.05) is 30.3 Å². The van der Waals surface area contributed by atoms with Crippen molar-refractivity contribution in [2.24, 2.45) is 0 Å². The van der Waals surface area contributed by atoms with E-state index in [2.05, 4.69) is 4.72 Å². The van der Waals surface area contributed by atoms with Gasteiger partial charge in [-0.1, -0.05) is 30.3 Å². The van der Waals surface area contributed by atoms with Crippen LogP contribution in [0.3, 0.4) is 0 Å². The number of amides is 1. The predicted octanol–water partition coefficient (Wildman–Crippen LogP) is 2.65. The van der Waals surface area contributed by atoms with E-state index in [0.29, 0.717) is 12.1 Å². The molecule has 5 nitrogen and oxygen atoms in total. The summed E-state index contributed by atoms with van der Waals surface area (Å²) in [7, 11) is -1.82.